The first-order chi connectivity index (χ1) is 8.33. The third-order valence-electron chi connectivity index (χ3n) is 3.12. The van der Waals surface area contributed by atoms with Crippen LogP contribution in [0.3, 0.4) is 0 Å². The zero-order valence-electron chi connectivity index (χ0n) is 9.41. The maximum atomic E-state index is 5.67. The summed E-state index contributed by atoms with van der Waals surface area (Å²) in [6.45, 7) is 2.03. The Bertz CT molecular complexity index is 496. The van der Waals surface area contributed by atoms with E-state index in [2.05, 4.69) is 26.3 Å². The molecular weight excluding hydrogens is 232 g/mol. The molecule has 4 nitrogen and oxygen atoms in total. The standard InChI is InChI=1S/C12H14N4S/c13-12-15-10(8-17-12)9-4-6-16(7-9)11-3-1-2-5-14-11/h1-3,5,8-9H,4,6-7H2,(H2,13,15)/t9-/m0/s1. The van der Waals surface area contributed by atoms with Crippen LogP contribution in [0.5, 0.6) is 0 Å². The van der Waals surface area contributed by atoms with Crippen LogP contribution in [0.2, 0.25) is 0 Å². The van der Waals surface area contributed by atoms with E-state index in [0.29, 0.717) is 11.0 Å². The van der Waals surface area contributed by atoms with Gasteiger partial charge in [-0.1, -0.05) is 6.07 Å². The molecule has 2 aromatic rings. The van der Waals surface area contributed by atoms with E-state index in [4.69, 9.17) is 5.73 Å². The van der Waals surface area contributed by atoms with Gasteiger partial charge in [0.25, 0.3) is 0 Å². The SMILES string of the molecule is Nc1nc([C@H]2CCN(c3ccccn3)C2)cs1. The van der Waals surface area contributed by atoms with Crippen molar-refractivity contribution in [1.29, 1.82) is 0 Å². The Labute approximate surface area is 104 Å². The smallest absolute Gasteiger partial charge is 0.180 e. The molecule has 1 fully saturated rings. The minimum Gasteiger partial charge on any atom is -0.375 e. The van der Waals surface area contributed by atoms with Gasteiger partial charge in [-0.25, -0.2) is 9.97 Å². The Morgan fingerprint density at radius 3 is 3.06 bits per heavy atom. The van der Waals surface area contributed by atoms with Crippen molar-refractivity contribution >= 4 is 22.3 Å². The van der Waals surface area contributed by atoms with E-state index < -0.39 is 0 Å². The fraction of sp³-hybridized carbons (Fsp3) is 0.333. The summed E-state index contributed by atoms with van der Waals surface area (Å²) in [5.41, 5.74) is 6.80. The lowest BCUT2D eigenvalue weighted by atomic mass is 10.1. The van der Waals surface area contributed by atoms with E-state index in [9.17, 15) is 0 Å². The van der Waals surface area contributed by atoms with Gasteiger partial charge < -0.3 is 10.6 Å². The molecule has 0 amide bonds. The van der Waals surface area contributed by atoms with Crippen LogP contribution >= 0.6 is 11.3 Å². The third-order valence-corrected chi connectivity index (χ3v) is 3.81. The number of aromatic nitrogens is 2. The van der Waals surface area contributed by atoms with E-state index in [0.717, 1.165) is 31.0 Å². The normalized spacial score (nSPS) is 19.8. The van der Waals surface area contributed by atoms with Crippen LogP contribution in [0.25, 0.3) is 0 Å². The number of pyridine rings is 1. The molecule has 0 aromatic carbocycles. The third kappa shape index (κ3) is 2.10. The van der Waals surface area contributed by atoms with Gasteiger partial charge in [0, 0.05) is 30.6 Å². The summed E-state index contributed by atoms with van der Waals surface area (Å²) >= 11 is 1.52. The average Bonchev–Trinajstić information content (AvgIpc) is 2.98. The van der Waals surface area contributed by atoms with Gasteiger partial charge in [-0.15, -0.1) is 11.3 Å². The largest absolute Gasteiger partial charge is 0.375 e. The number of nitrogens with zero attached hydrogens (tertiary/aromatic N) is 3. The summed E-state index contributed by atoms with van der Waals surface area (Å²) in [4.78, 5) is 11.1. The highest BCUT2D eigenvalue weighted by Crippen LogP contribution is 2.30. The van der Waals surface area contributed by atoms with Crippen LogP contribution < -0.4 is 10.6 Å². The molecular formula is C12H14N4S. The Hall–Kier alpha value is -1.62. The molecule has 0 radical (unpaired) electrons. The van der Waals surface area contributed by atoms with Crippen molar-refractivity contribution in [3.05, 3.63) is 35.5 Å². The zero-order chi connectivity index (χ0) is 11.7. The van der Waals surface area contributed by atoms with Crippen LogP contribution in [0.4, 0.5) is 10.9 Å². The van der Waals surface area contributed by atoms with Gasteiger partial charge in [0.1, 0.15) is 5.82 Å². The van der Waals surface area contributed by atoms with Crippen LogP contribution in [-0.2, 0) is 0 Å². The lowest BCUT2D eigenvalue weighted by molar-refractivity contribution is 0.751. The number of anilines is 2. The predicted octanol–water partition coefficient (Wildman–Crippen LogP) is 2.11. The lowest BCUT2D eigenvalue weighted by Crippen LogP contribution is -2.20. The lowest BCUT2D eigenvalue weighted by Gasteiger charge is -2.16. The summed E-state index contributed by atoms with van der Waals surface area (Å²) in [5, 5.41) is 2.73. The van der Waals surface area contributed by atoms with Crippen LogP contribution in [0.15, 0.2) is 29.8 Å². The van der Waals surface area contributed by atoms with Crippen molar-refractivity contribution in [3.8, 4) is 0 Å². The number of hydrogen-bond donors (Lipinski definition) is 1. The fourth-order valence-electron chi connectivity index (χ4n) is 2.24. The van der Waals surface area contributed by atoms with E-state index in [1.54, 1.807) is 0 Å². The predicted molar refractivity (Wildman–Crippen MR) is 70.3 cm³/mol. The molecule has 1 aliphatic heterocycles. The number of hydrogen-bond acceptors (Lipinski definition) is 5. The summed E-state index contributed by atoms with van der Waals surface area (Å²) in [5.74, 6) is 1.55. The van der Waals surface area contributed by atoms with E-state index in [1.807, 2.05) is 18.3 Å². The Balaban J connectivity index is 1.74. The number of nitrogen functional groups attached to an aromatic ring is 1. The van der Waals surface area contributed by atoms with Gasteiger partial charge in [0.05, 0.1) is 5.69 Å². The monoisotopic (exact) mass is 246 g/mol. The molecule has 2 aromatic heterocycles. The van der Waals surface area contributed by atoms with E-state index in [1.165, 1.54) is 11.3 Å². The molecule has 17 heavy (non-hydrogen) atoms. The second-order valence-electron chi connectivity index (χ2n) is 4.23. The average molecular weight is 246 g/mol. The number of rotatable bonds is 2. The van der Waals surface area contributed by atoms with Crippen molar-refractivity contribution in [2.24, 2.45) is 0 Å². The van der Waals surface area contributed by atoms with Crippen LogP contribution in [0.1, 0.15) is 18.0 Å². The molecule has 5 heteroatoms. The molecule has 0 aliphatic carbocycles. The number of thiazole rings is 1. The minimum atomic E-state index is 0.491. The van der Waals surface area contributed by atoms with Gasteiger partial charge in [-0.2, -0.15) is 0 Å². The summed E-state index contributed by atoms with van der Waals surface area (Å²) in [7, 11) is 0. The molecule has 0 saturated carbocycles. The number of nitrogens with two attached hydrogens (primary N) is 1. The Morgan fingerprint density at radius 1 is 1.41 bits per heavy atom. The first kappa shape index (κ1) is 10.5. The van der Waals surface area contributed by atoms with Gasteiger partial charge in [-0.05, 0) is 18.6 Å². The van der Waals surface area contributed by atoms with Gasteiger partial charge in [0.2, 0.25) is 0 Å². The van der Waals surface area contributed by atoms with Crippen molar-refractivity contribution in [3.63, 3.8) is 0 Å². The highest BCUT2D eigenvalue weighted by molar-refractivity contribution is 7.13. The quantitative estimate of drug-likeness (QED) is 0.881. The highest BCUT2D eigenvalue weighted by Gasteiger charge is 2.26. The van der Waals surface area contributed by atoms with Crippen molar-refractivity contribution in [1.82, 2.24) is 9.97 Å². The maximum Gasteiger partial charge on any atom is 0.180 e. The first-order valence-electron chi connectivity index (χ1n) is 5.70. The molecule has 0 spiro atoms. The molecule has 2 N–H and O–H groups in total. The second kappa shape index (κ2) is 4.33. The molecule has 88 valence electrons. The Morgan fingerprint density at radius 2 is 2.35 bits per heavy atom. The minimum absolute atomic E-state index is 0.491. The van der Waals surface area contributed by atoms with E-state index >= 15 is 0 Å². The van der Waals surface area contributed by atoms with Crippen LogP contribution in [0, 0.1) is 0 Å². The second-order valence-corrected chi connectivity index (χ2v) is 5.12. The zero-order valence-corrected chi connectivity index (χ0v) is 10.2. The Kier molecular flexibility index (Phi) is 2.68. The molecule has 1 aliphatic rings. The fourth-order valence-corrected chi connectivity index (χ4v) is 2.88. The highest BCUT2D eigenvalue weighted by atomic mass is 32.1. The van der Waals surface area contributed by atoms with Crippen molar-refractivity contribution in [2.45, 2.75) is 12.3 Å². The molecule has 3 heterocycles. The molecule has 0 bridgehead atoms. The topological polar surface area (TPSA) is 55.0 Å². The summed E-state index contributed by atoms with van der Waals surface area (Å²) in [6, 6.07) is 6.02. The summed E-state index contributed by atoms with van der Waals surface area (Å²) in [6.07, 6.45) is 2.96. The summed E-state index contributed by atoms with van der Waals surface area (Å²) < 4.78 is 0. The van der Waals surface area contributed by atoms with Gasteiger partial charge in [0.15, 0.2) is 5.13 Å². The van der Waals surface area contributed by atoms with Crippen molar-refractivity contribution < 1.29 is 0 Å². The molecule has 3 rings (SSSR count). The maximum absolute atomic E-state index is 5.67. The van der Waals surface area contributed by atoms with Crippen LogP contribution in [-0.4, -0.2) is 23.1 Å². The van der Waals surface area contributed by atoms with Gasteiger partial charge in [-0.3, -0.25) is 0 Å². The van der Waals surface area contributed by atoms with Crippen molar-refractivity contribution in [2.75, 3.05) is 23.7 Å². The van der Waals surface area contributed by atoms with E-state index in [-0.39, 0.29) is 0 Å². The molecule has 1 saturated heterocycles. The first-order valence-corrected chi connectivity index (χ1v) is 6.58. The van der Waals surface area contributed by atoms with Gasteiger partial charge >= 0.3 is 0 Å². The molecule has 0 unspecified atom stereocenters. The molecule has 1 atom stereocenters.